The fourth-order valence-corrected chi connectivity index (χ4v) is 3.75. The van der Waals surface area contributed by atoms with Crippen LogP contribution in [0.1, 0.15) is 47.0 Å². The van der Waals surface area contributed by atoms with Crippen LogP contribution in [0, 0.1) is 10.8 Å². The van der Waals surface area contributed by atoms with Gasteiger partial charge in [-0.1, -0.05) is 39.3 Å². The molecule has 0 atom stereocenters. The normalized spacial score (nSPS) is 27.5. The third-order valence-electron chi connectivity index (χ3n) is 3.84. The van der Waals surface area contributed by atoms with Gasteiger partial charge in [-0.3, -0.25) is 0 Å². The quantitative estimate of drug-likeness (QED) is 0.812. The van der Waals surface area contributed by atoms with Crippen LogP contribution in [0.5, 0.6) is 0 Å². The van der Waals surface area contributed by atoms with Crippen LogP contribution in [0.3, 0.4) is 0 Å². The summed E-state index contributed by atoms with van der Waals surface area (Å²) >= 11 is 6.05. The first-order chi connectivity index (χ1) is 7.72. The maximum Gasteiger partial charge on any atom is 0.108 e. The second kappa shape index (κ2) is 3.94. The van der Waals surface area contributed by atoms with Crippen LogP contribution in [0.2, 0.25) is 0 Å². The number of nitrogens with two attached hydrogens (primary N) is 1. The van der Waals surface area contributed by atoms with Gasteiger partial charge in [0.05, 0.1) is 10.8 Å². The second-order valence-corrected chi connectivity index (χ2v) is 7.04. The lowest BCUT2D eigenvalue weighted by Crippen LogP contribution is -2.56. The van der Waals surface area contributed by atoms with E-state index in [2.05, 4.69) is 27.7 Å². The van der Waals surface area contributed by atoms with E-state index >= 15 is 0 Å². The highest BCUT2D eigenvalue weighted by molar-refractivity contribution is 6.31. The zero-order valence-electron chi connectivity index (χ0n) is 11.1. The van der Waals surface area contributed by atoms with Crippen LogP contribution in [-0.4, -0.2) is 6.10 Å². The molecule has 0 saturated heterocycles. The average molecular weight is 256 g/mol. The zero-order chi connectivity index (χ0) is 12.8. The van der Waals surface area contributed by atoms with E-state index in [1.54, 1.807) is 0 Å². The summed E-state index contributed by atoms with van der Waals surface area (Å²) in [5, 5.41) is 0.640. The number of hydrogen-bond donors (Lipinski definition) is 1. The van der Waals surface area contributed by atoms with Crippen molar-refractivity contribution < 1.29 is 4.74 Å². The van der Waals surface area contributed by atoms with Gasteiger partial charge in [-0.05, 0) is 18.9 Å². The van der Waals surface area contributed by atoms with Crippen molar-refractivity contribution in [1.29, 1.82) is 0 Å². The van der Waals surface area contributed by atoms with Gasteiger partial charge in [-0.25, -0.2) is 0 Å². The Balaban J connectivity index is 2.10. The highest BCUT2D eigenvalue weighted by Crippen LogP contribution is 2.56. The molecule has 0 aliphatic heterocycles. The van der Waals surface area contributed by atoms with Crippen molar-refractivity contribution >= 4 is 11.6 Å². The molecule has 0 unspecified atom stereocenters. The molecule has 0 spiro atoms. The van der Waals surface area contributed by atoms with E-state index < -0.39 is 0 Å². The Morgan fingerprint density at radius 2 is 1.82 bits per heavy atom. The summed E-state index contributed by atoms with van der Waals surface area (Å²) < 4.78 is 6.16. The van der Waals surface area contributed by atoms with Gasteiger partial charge >= 0.3 is 0 Å². The maximum atomic E-state index is 6.16. The summed E-state index contributed by atoms with van der Waals surface area (Å²) in [6, 6.07) is 0. The maximum absolute atomic E-state index is 6.16. The predicted molar refractivity (Wildman–Crippen MR) is 71.4 cm³/mol. The zero-order valence-corrected chi connectivity index (χ0v) is 11.9. The van der Waals surface area contributed by atoms with Gasteiger partial charge in [0.25, 0.3) is 0 Å². The second-order valence-electron chi connectivity index (χ2n) is 6.64. The fourth-order valence-electron chi connectivity index (χ4n) is 3.53. The van der Waals surface area contributed by atoms with Crippen molar-refractivity contribution in [3.63, 3.8) is 0 Å². The van der Waals surface area contributed by atoms with E-state index in [1.807, 2.05) is 6.08 Å². The highest BCUT2D eigenvalue weighted by atomic mass is 35.5. The molecule has 0 aromatic heterocycles. The lowest BCUT2D eigenvalue weighted by atomic mass is 9.53. The summed E-state index contributed by atoms with van der Waals surface area (Å²) in [6.45, 7) is 9.05. The SMILES string of the molecule is CC1(C)CC(C)(C)C1OC1=CC(Cl)=C(N)CC1. The molecule has 2 rings (SSSR count). The van der Waals surface area contributed by atoms with Crippen LogP contribution < -0.4 is 5.73 Å². The molecular formula is C14H22ClNO. The van der Waals surface area contributed by atoms with Gasteiger partial charge in [0, 0.05) is 22.9 Å². The van der Waals surface area contributed by atoms with E-state index in [4.69, 9.17) is 22.1 Å². The van der Waals surface area contributed by atoms with Crippen molar-refractivity contribution in [2.75, 3.05) is 0 Å². The Morgan fingerprint density at radius 3 is 2.29 bits per heavy atom. The third-order valence-corrected chi connectivity index (χ3v) is 4.19. The van der Waals surface area contributed by atoms with Crippen molar-refractivity contribution in [2.24, 2.45) is 16.6 Å². The van der Waals surface area contributed by atoms with Crippen LogP contribution in [-0.2, 0) is 4.74 Å². The first-order valence-corrected chi connectivity index (χ1v) is 6.61. The fraction of sp³-hybridized carbons (Fsp3) is 0.714. The molecule has 2 aliphatic carbocycles. The monoisotopic (exact) mass is 255 g/mol. The first kappa shape index (κ1) is 12.8. The molecule has 0 aromatic rings. The van der Waals surface area contributed by atoms with Gasteiger partial charge in [-0.2, -0.15) is 0 Å². The lowest BCUT2D eigenvalue weighted by Gasteiger charge is -2.57. The Morgan fingerprint density at radius 1 is 1.24 bits per heavy atom. The van der Waals surface area contributed by atoms with Gasteiger partial charge < -0.3 is 10.5 Å². The molecule has 0 amide bonds. The minimum atomic E-state index is 0.253. The smallest absolute Gasteiger partial charge is 0.108 e. The average Bonchev–Trinajstić information content (AvgIpc) is 2.17. The molecule has 1 saturated carbocycles. The van der Waals surface area contributed by atoms with Gasteiger partial charge in [0.2, 0.25) is 0 Å². The van der Waals surface area contributed by atoms with Gasteiger partial charge in [0.15, 0.2) is 0 Å². The van der Waals surface area contributed by atoms with Crippen LogP contribution >= 0.6 is 11.6 Å². The third kappa shape index (κ3) is 2.33. The summed E-state index contributed by atoms with van der Waals surface area (Å²) in [7, 11) is 0. The van der Waals surface area contributed by atoms with E-state index in [1.165, 1.54) is 6.42 Å². The Hall–Kier alpha value is -0.630. The van der Waals surface area contributed by atoms with Gasteiger partial charge in [0.1, 0.15) is 6.10 Å². The molecule has 96 valence electrons. The summed E-state index contributed by atoms with van der Waals surface area (Å²) in [5.41, 5.74) is 7.05. The largest absolute Gasteiger partial charge is 0.494 e. The molecular weight excluding hydrogens is 234 g/mol. The highest BCUT2D eigenvalue weighted by Gasteiger charge is 2.55. The van der Waals surface area contributed by atoms with E-state index in [0.717, 1.165) is 24.3 Å². The lowest BCUT2D eigenvalue weighted by molar-refractivity contribution is -0.165. The molecule has 2 N–H and O–H groups in total. The molecule has 2 aliphatic rings. The summed E-state index contributed by atoms with van der Waals surface area (Å²) in [4.78, 5) is 0. The molecule has 0 heterocycles. The Kier molecular flexibility index (Phi) is 2.97. The molecule has 1 fully saturated rings. The molecule has 0 aromatic carbocycles. The molecule has 17 heavy (non-hydrogen) atoms. The van der Waals surface area contributed by atoms with Crippen LogP contribution in [0.25, 0.3) is 0 Å². The minimum absolute atomic E-state index is 0.253. The molecule has 0 bridgehead atoms. The van der Waals surface area contributed by atoms with Crippen molar-refractivity contribution in [3.8, 4) is 0 Å². The molecule has 3 heteroatoms. The number of ether oxygens (including phenoxy) is 1. The van der Waals surface area contributed by atoms with E-state index in [0.29, 0.717) is 5.03 Å². The standard InChI is InChI=1S/C14H22ClNO/c1-13(2)8-14(3,4)12(13)17-9-5-6-11(16)10(15)7-9/h7,12H,5-6,8,16H2,1-4H3. The van der Waals surface area contributed by atoms with E-state index in [-0.39, 0.29) is 16.9 Å². The van der Waals surface area contributed by atoms with Gasteiger partial charge in [-0.15, -0.1) is 0 Å². The number of hydrogen-bond acceptors (Lipinski definition) is 2. The molecule has 2 nitrogen and oxygen atoms in total. The minimum Gasteiger partial charge on any atom is -0.494 e. The molecule has 0 radical (unpaired) electrons. The van der Waals surface area contributed by atoms with Crippen molar-refractivity contribution in [3.05, 3.63) is 22.6 Å². The Bertz CT molecular complexity index is 379. The van der Waals surface area contributed by atoms with Crippen LogP contribution in [0.4, 0.5) is 0 Å². The number of rotatable bonds is 2. The summed E-state index contributed by atoms with van der Waals surface area (Å²) in [5.74, 6) is 0.982. The number of allylic oxidation sites excluding steroid dienone is 4. The predicted octanol–water partition coefficient (Wildman–Crippen LogP) is 3.91. The van der Waals surface area contributed by atoms with E-state index in [9.17, 15) is 0 Å². The Labute approximate surface area is 109 Å². The topological polar surface area (TPSA) is 35.2 Å². The van der Waals surface area contributed by atoms with Crippen molar-refractivity contribution in [1.82, 2.24) is 0 Å². The van der Waals surface area contributed by atoms with Crippen molar-refractivity contribution in [2.45, 2.75) is 53.1 Å². The first-order valence-electron chi connectivity index (χ1n) is 6.24. The van der Waals surface area contributed by atoms with Crippen LogP contribution in [0.15, 0.2) is 22.6 Å². The number of halogens is 1. The summed E-state index contributed by atoms with van der Waals surface area (Å²) in [6.07, 6.45) is 5.02.